The molecule has 102 valence electrons. The van der Waals surface area contributed by atoms with Crippen LogP contribution < -0.4 is 9.64 Å². The quantitative estimate of drug-likeness (QED) is 0.611. The Balaban J connectivity index is 2.22. The molecule has 0 radical (unpaired) electrons. The third-order valence-electron chi connectivity index (χ3n) is 3.48. The highest BCUT2D eigenvalue weighted by Crippen LogP contribution is 2.48. The van der Waals surface area contributed by atoms with E-state index in [-0.39, 0.29) is 5.91 Å². The molecule has 19 heavy (non-hydrogen) atoms. The fraction of sp³-hybridized carbons (Fsp3) is 0.429. The Labute approximate surface area is 112 Å². The monoisotopic (exact) mass is 263 g/mol. The maximum atomic E-state index is 12.4. The van der Waals surface area contributed by atoms with Crippen molar-refractivity contribution in [3.8, 4) is 5.75 Å². The van der Waals surface area contributed by atoms with Gasteiger partial charge in [0.05, 0.1) is 14.2 Å². The smallest absolute Gasteiger partial charge is 0.321 e. The highest BCUT2D eigenvalue weighted by Gasteiger charge is 2.59. The molecule has 1 amide bonds. The first-order valence-corrected chi connectivity index (χ1v) is 6.06. The first-order valence-electron chi connectivity index (χ1n) is 6.06. The van der Waals surface area contributed by atoms with E-state index in [0.717, 1.165) is 0 Å². The fourth-order valence-electron chi connectivity index (χ4n) is 2.08. The molecule has 1 fully saturated rings. The van der Waals surface area contributed by atoms with E-state index in [4.69, 9.17) is 9.47 Å². The normalized spacial score (nSPS) is 15.5. The van der Waals surface area contributed by atoms with Gasteiger partial charge in [0.1, 0.15) is 11.2 Å². The standard InChI is InChI=1S/C14H17NO4/c1-15(10-5-4-6-11(9-10)18-2)12(16)14(7-8-14)13(17)19-3/h4-6,9H,7-8H2,1-3H3. The second-order valence-corrected chi connectivity index (χ2v) is 4.64. The highest BCUT2D eigenvalue weighted by atomic mass is 16.5. The predicted octanol–water partition coefficient (Wildman–Crippen LogP) is 1.61. The van der Waals surface area contributed by atoms with Gasteiger partial charge < -0.3 is 14.4 Å². The lowest BCUT2D eigenvalue weighted by Gasteiger charge is -2.22. The Morgan fingerprint density at radius 1 is 1.26 bits per heavy atom. The van der Waals surface area contributed by atoms with Gasteiger partial charge in [-0.15, -0.1) is 0 Å². The van der Waals surface area contributed by atoms with Gasteiger partial charge in [-0.3, -0.25) is 9.59 Å². The summed E-state index contributed by atoms with van der Waals surface area (Å²) in [7, 11) is 4.53. The number of hydrogen-bond acceptors (Lipinski definition) is 4. The maximum Gasteiger partial charge on any atom is 0.321 e. The van der Waals surface area contributed by atoms with E-state index >= 15 is 0 Å². The zero-order valence-corrected chi connectivity index (χ0v) is 11.3. The summed E-state index contributed by atoms with van der Waals surface area (Å²) < 4.78 is 9.84. The molecule has 5 heteroatoms. The van der Waals surface area contributed by atoms with Crippen LogP contribution in [-0.2, 0) is 14.3 Å². The average Bonchev–Trinajstić information content (AvgIpc) is 3.26. The first-order chi connectivity index (χ1) is 9.05. The number of amides is 1. The number of anilines is 1. The average molecular weight is 263 g/mol. The first kappa shape index (κ1) is 13.4. The van der Waals surface area contributed by atoms with E-state index < -0.39 is 11.4 Å². The number of nitrogens with zero attached hydrogens (tertiary/aromatic N) is 1. The summed E-state index contributed by atoms with van der Waals surface area (Å²) in [5.41, 5.74) is -0.286. The van der Waals surface area contributed by atoms with Crippen LogP contribution in [0.15, 0.2) is 24.3 Å². The Morgan fingerprint density at radius 3 is 2.47 bits per heavy atom. The molecule has 0 N–H and O–H groups in total. The summed E-state index contributed by atoms with van der Waals surface area (Å²) in [5.74, 6) is -0.0140. The van der Waals surface area contributed by atoms with Crippen molar-refractivity contribution in [2.24, 2.45) is 5.41 Å². The van der Waals surface area contributed by atoms with Crippen LogP contribution in [0.4, 0.5) is 5.69 Å². The van der Waals surface area contributed by atoms with Crippen molar-refractivity contribution < 1.29 is 19.1 Å². The molecule has 0 spiro atoms. The summed E-state index contributed by atoms with van der Waals surface area (Å²) in [5, 5.41) is 0. The molecule has 1 aliphatic rings. The van der Waals surface area contributed by atoms with Crippen molar-refractivity contribution >= 4 is 17.6 Å². The van der Waals surface area contributed by atoms with Gasteiger partial charge in [0.2, 0.25) is 5.91 Å². The minimum absolute atomic E-state index is 0.229. The molecular weight excluding hydrogens is 246 g/mol. The molecule has 0 atom stereocenters. The molecule has 5 nitrogen and oxygen atoms in total. The second-order valence-electron chi connectivity index (χ2n) is 4.64. The Kier molecular flexibility index (Phi) is 3.46. The summed E-state index contributed by atoms with van der Waals surface area (Å²) >= 11 is 0. The maximum absolute atomic E-state index is 12.4. The predicted molar refractivity (Wildman–Crippen MR) is 70.1 cm³/mol. The Hall–Kier alpha value is -2.04. The molecule has 1 aliphatic carbocycles. The number of carbonyl (C=O) groups excluding carboxylic acids is 2. The van der Waals surface area contributed by atoms with Gasteiger partial charge in [-0.25, -0.2) is 0 Å². The number of methoxy groups -OCH3 is 2. The van der Waals surface area contributed by atoms with Crippen LogP contribution in [0.5, 0.6) is 5.75 Å². The van der Waals surface area contributed by atoms with Gasteiger partial charge in [-0.05, 0) is 25.0 Å². The van der Waals surface area contributed by atoms with Crippen LogP contribution >= 0.6 is 0 Å². The molecular formula is C14H17NO4. The number of esters is 1. The van der Waals surface area contributed by atoms with Crippen molar-refractivity contribution in [2.45, 2.75) is 12.8 Å². The van der Waals surface area contributed by atoms with Gasteiger partial charge in [0.25, 0.3) is 0 Å². The van der Waals surface area contributed by atoms with Crippen molar-refractivity contribution in [1.82, 2.24) is 0 Å². The second kappa shape index (κ2) is 4.91. The lowest BCUT2D eigenvalue weighted by Crippen LogP contribution is -2.39. The summed E-state index contributed by atoms with van der Waals surface area (Å²) in [6.45, 7) is 0. The van der Waals surface area contributed by atoms with Gasteiger partial charge in [-0.1, -0.05) is 6.07 Å². The Morgan fingerprint density at radius 2 is 1.95 bits per heavy atom. The van der Waals surface area contributed by atoms with Crippen LogP contribution in [0, 0.1) is 5.41 Å². The van der Waals surface area contributed by atoms with Crippen LogP contribution in [0.1, 0.15) is 12.8 Å². The molecule has 1 aromatic rings. The fourth-order valence-corrected chi connectivity index (χ4v) is 2.08. The topological polar surface area (TPSA) is 55.8 Å². The lowest BCUT2D eigenvalue weighted by molar-refractivity contribution is -0.151. The Bertz CT molecular complexity index is 508. The van der Waals surface area contributed by atoms with Crippen LogP contribution in [0.3, 0.4) is 0 Å². The van der Waals surface area contributed by atoms with Crippen molar-refractivity contribution in [3.05, 3.63) is 24.3 Å². The summed E-state index contributed by atoms with van der Waals surface area (Å²) in [6, 6.07) is 7.16. The lowest BCUT2D eigenvalue weighted by atomic mass is 10.1. The minimum Gasteiger partial charge on any atom is -0.497 e. The van der Waals surface area contributed by atoms with Gasteiger partial charge in [-0.2, -0.15) is 0 Å². The van der Waals surface area contributed by atoms with Gasteiger partial charge in [0.15, 0.2) is 0 Å². The third-order valence-corrected chi connectivity index (χ3v) is 3.48. The molecule has 0 unspecified atom stereocenters. The molecule has 0 aromatic heterocycles. The molecule has 0 saturated heterocycles. The van der Waals surface area contributed by atoms with E-state index in [9.17, 15) is 9.59 Å². The number of ether oxygens (including phenoxy) is 2. The number of benzene rings is 1. The van der Waals surface area contributed by atoms with E-state index in [2.05, 4.69) is 0 Å². The van der Waals surface area contributed by atoms with Gasteiger partial charge in [0, 0.05) is 18.8 Å². The van der Waals surface area contributed by atoms with Crippen LogP contribution in [0.25, 0.3) is 0 Å². The van der Waals surface area contributed by atoms with Gasteiger partial charge >= 0.3 is 5.97 Å². The largest absolute Gasteiger partial charge is 0.497 e. The molecule has 1 aromatic carbocycles. The highest BCUT2D eigenvalue weighted by molar-refractivity contribution is 6.12. The van der Waals surface area contributed by atoms with E-state index in [0.29, 0.717) is 24.3 Å². The molecule has 0 aliphatic heterocycles. The number of hydrogen-bond donors (Lipinski definition) is 0. The summed E-state index contributed by atoms with van der Waals surface area (Å²) in [6.07, 6.45) is 1.10. The third kappa shape index (κ3) is 2.28. The van der Waals surface area contributed by atoms with E-state index in [1.54, 1.807) is 38.4 Å². The molecule has 1 saturated carbocycles. The zero-order valence-electron chi connectivity index (χ0n) is 11.3. The van der Waals surface area contributed by atoms with E-state index in [1.165, 1.54) is 12.0 Å². The number of carbonyl (C=O) groups is 2. The molecule has 0 heterocycles. The molecule has 0 bridgehead atoms. The van der Waals surface area contributed by atoms with E-state index in [1.807, 2.05) is 0 Å². The van der Waals surface area contributed by atoms with Crippen LogP contribution in [0.2, 0.25) is 0 Å². The van der Waals surface area contributed by atoms with Crippen molar-refractivity contribution in [2.75, 3.05) is 26.2 Å². The van der Waals surface area contributed by atoms with Crippen molar-refractivity contribution in [1.29, 1.82) is 0 Å². The SMILES string of the molecule is COC(=O)C1(C(=O)N(C)c2cccc(OC)c2)CC1. The summed E-state index contributed by atoms with van der Waals surface area (Å²) in [4.78, 5) is 25.6. The number of rotatable bonds is 4. The van der Waals surface area contributed by atoms with Crippen LogP contribution in [-0.4, -0.2) is 33.1 Å². The van der Waals surface area contributed by atoms with Crippen molar-refractivity contribution in [3.63, 3.8) is 0 Å². The molecule has 2 rings (SSSR count). The minimum atomic E-state index is -0.980. The zero-order chi connectivity index (χ0) is 14.0.